The number of rotatable bonds is 3. The van der Waals surface area contributed by atoms with Gasteiger partial charge in [-0.05, 0) is 68.8 Å². The third-order valence-corrected chi connectivity index (χ3v) is 9.12. The van der Waals surface area contributed by atoms with E-state index in [9.17, 15) is 14.7 Å². The largest absolute Gasteiger partial charge is 0.390 e. The molecule has 2 amide bonds. The molecule has 0 aromatic carbocycles. The quantitative estimate of drug-likeness (QED) is 0.431. The van der Waals surface area contributed by atoms with Crippen LogP contribution in [-0.4, -0.2) is 48.3 Å². The Labute approximate surface area is 203 Å². The van der Waals surface area contributed by atoms with Gasteiger partial charge in [0.25, 0.3) is 0 Å². The molecule has 0 spiro atoms. The molecule has 4 bridgehead atoms. The minimum absolute atomic E-state index is 0.0721. The van der Waals surface area contributed by atoms with Crippen LogP contribution in [0.5, 0.6) is 0 Å². The molecule has 9 nitrogen and oxygen atoms in total. The number of H-pyrrole nitrogens is 1. The summed E-state index contributed by atoms with van der Waals surface area (Å²) < 4.78 is 2.19. The highest BCUT2D eigenvalue weighted by Gasteiger charge is 2.55. The van der Waals surface area contributed by atoms with Gasteiger partial charge in [0.1, 0.15) is 5.82 Å². The van der Waals surface area contributed by atoms with Gasteiger partial charge in [-0.3, -0.25) is 19.4 Å². The van der Waals surface area contributed by atoms with Crippen molar-refractivity contribution in [2.24, 2.45) is 17.8 Å². The summed E-state index contributed by atoms with van der Waals surface area (Å²) in [4.78, 5) is 34.5. The van der Waals surface area contributed by atoms with Gasteiger partial charge in [-0.1, -0.05) is 19.3 Å². The van der Waals surface area contributed by atoms with E-state index in [2.05, 4.69) is 30.4 Å². The highest BCUT2D eigenvalue weighted by Crippen LogP contribution is 2.60. The zero-order valence-electron chi connectivity index (χ0n) is 19.8. The van der Waals surface area contributed by atoms with Crippen LogP contribution in [-0.2, 0) is 9.59 Å². The molecular weight excluding hydrogens is 444 g/mol. The van der Waals surface area contributed by atoms with E-state index in [0.29, 0.717) is 29.2 Å². The third kappa shape index (κ3) is 3.46. The number of anilines is 1. The van der Waals surface area contributed by atoms with Gasteiger partial charge in [-0.15, -0.1) is 0 Å². The summed E-state index contributed by atoms with van der Waals surface area (Å²) in [6.45, 7) is 0. The molecule has 5 aliphatic rings. The summed E-state index contributed by atoms with van der Waals surface area (Å²) in [7, 11) is 0. The second kappa shape index (κ2) is 7.78. The maximum atomic E-state index is 12.9. The first-order chi connectivity index (χ1) is 17.0. The van der Waals surface area contributed by atoms with Crippen LogP contribution < -0.4 is 10.6 Å². The Kier molecular flexibility index (Phi) is 4.75. The fraction of sp³-hybridized carbons (Fsp3) is 0.615. The lowest BCUT2D eigenvalue weighted by atomic mass is 9.52. The number of amides is 2. The standard InChI is InChI=1S/C26H32N6O3/c33-24(29-17-4-2-1-3-5-17)25(34)30-23-19-13-28-22-18(6-7-27-22)21(19)32(31-23)20-15-8-14-9-16(20)12-26(35,10-14)11-15/h6-7,13-17,20,31,35H,1-5,8-12H2,(H,29,33)(H,30,34)/t14?,15-,16+,20?,26?. The molecule has 3 heterocycles. The Morgan fingerprint density at radius 2 is 1.80 bits per heavy atom. The van der Waals surface area contributed by atoms with Crippen molar-refractivity contribution in [3.05, 3.63) is 18.5 Å². The van der Waals surface area contributed by atoms with Crippen molar-refractivity contribution in [1.82, 2.24) is 25.1 Å². The highest BCUT2D eigenvalue weighted by atomic mass is 16.3. The maximum absolute atomic E-state index is 12.9. The van der Waals surface area contributed by atoms with Crippen molar-refractivity contribution in [2.75, 3.05) is 5.32 Å². The van der Waals surface area contributed by atoms with E-state index in [1.165, 1.54) is 6.42 Å². The minimum Gasteiger partial charge on any atom is -0.390 e. The SMILES string of the molecule is O=C(Nc1[nH]n(C2[C@@H]3CC4C[C@H]2CC(O)(C4)C3)c2c1cnc1nccc12)C(=O)NC1CCCCC1. The lowest BCUT2D eigenvalue weighted by Crippen LogP contribution is -2.55. The average Bonchev–Trinajstić information content (AvgIpc) is 3.43. The van der Waals surface area contributed by atoms with Crippen molar-refractivity contribution >= 4 is 39.6 Å². The van der Waals surface area contributed by atoms with Crippen molar-refractivity contribution in [2.45, 2.75) is 81.9 Å². The first-order valence-corrected chi connectivity index (χ1v) is 13.2. The van der Waals surface area contributed by atoms with Crippen molar-refractivity contribution in [3.8, 4) is 0 Å². The number of nitrogens with one attached hydrogen (secondary N) is 3. The topological polar surface area (TPSA) is 125 Å². The zero-order valence-corrected chi connectivity index (χ0v) is 19.8. The van der Waals surface area contributed by atoms with Gasteiger partial charge in [-0.2, -0.15) is 0 Å². The van der Waals surface area contributed by atoms with Crippen LogP contribution in [0.25, 0.3) is 21.9 Å². The molecule has 3 aromatic rings. The Bertz CT molecular complexity index is 1310. The van der Waals surface area contributed by atoms with Crippen LogP contribution in [0.1, 0.15) is 70.3 Å². The van der Waals surface area contributed by atoms with Gasteiger partial charge in [-0.25, -0.2) is 9.97 Å². The number of aliphatic hydroxyl groups is 1. The molecule has 4 N–H and O–H groups in total. The summed E-state index contributed by atoms with van der Waals surface area (Å²) in [5.41, 5.74) is 1.10. The van der Waals surface area contributed by atoms with Crippen molar-refractivity contribution < 1.29 is 14.7 Å². The van der Waals surface area contributed by atoms with Gasteiger partial charge < -0.3 is 15.7 Å². The second-order valence-corrected chi connectivity index (χ2v) is 11.5. The van der Waals surface area contributed by atoms with E-state index >= 15 is 0 Å². The van der Waals surface area contributed by atoms with Crippen LogP contribution in [0.15, 0.2) is 18.5 Å². The van der Waals surface area contributed by atoms with Crippen molar-refractivity contribution in [3.63, 3.8) is 0 Å². The molecular formula is C26H32N6O3. The third-order valence-electron chi connectivity index (χ3n) is 9.12. The summed E-state index contributed by atoms with van der Waals surface area (Å²) in [5.74, 6) is 0.593. The lowest BCUT2D eigenvalue weighted by Gasteiger charge is -2.58. The number of hydrogen-bond donors (Lipinski definition) is 4. The predicted octanol–water partition coefficient (Wildman–Crippen LogP) is 3.41. The number of nitrogens with zero attached hydrogens (tertiary/aromatic N) is 3. The average molecular weight is 477 g/mol. The van der Waals surface area contributed by atoms with Gasteiger partial charge in [0.05, 0.1) is 22.5 Å². The molecule has 0 saturated heterocycles. The Morgan fingerprint density at radius 3 is 2.54 bits per heavy atom. The first-order valence-electron chi connectivity index (χ1n) is 13.2. The fourth-order valence-electron chi connectivity index (χ4n) is 7.99. The number of pyridine rings is 1. The van der Waals surface area contributed by atoms with Crippen LogP contribution >= 0.6 is 0 Å². The molecule has 3 aromatic heterocycles. The monoisotopic (exact) mass is 476 g/mol. The number of carbonyl (C=O) groups excluding carboxylic acids is 2. The Balaban J connectivity index is 1.24. The summed E-state index contributed by atoms with van der Waals surface area (Å²) in [5, 5.41) is 22.0. The Hall–Kier alpha value is -2.94. The minimum atomic E-state index is -0.661. The first kappa shape index (κ1) is 21.4. The van der Waals surface area contributed by atoms with E-state index < -0.39 is 17.4 Å². The van der Waals surface area contributed by atoms with E-state index in [0.717, 1.165) is 74.1 Å². The van der Waals surface area contributed by atoms with Crippen LogP contribution in [0.2, 0.25) is 0 Å². The molecule has 0 radical (unpaired) electrons. The van der Waals surface area contributed by atoms with E-state index in [1.54, 1.807) is 12.4 Å². The number of hydrogen-bond acceptors (Lipinski definition) is 5. The number of aromatic nitrogens is 4. The molecule has 5 fully saturated rings. The van der Waals surface area contributed by atoms with E-state index in [-0.39, 0.29) is 12.1 Å². The van der Waals surface area contributed by atoms with Gasteiger partial charge in [0, 0.05) is 23.8 Å². The smallest absolute Gasteiger partial charge is 0.314 e. The predicted molar refractivity (Wildman–Crippen MR) is 131 cm³/mol. The van der Waals surface area contributed by atoms with Gasteiger partial charge in [0.15, 0.2) is 5.65 Å². The molecule has 9 heteroatoms. The summed E-state index contributed by atoms with van der Waals surface area (Å²) in [6.07, 6.45) is 13.5. The number of fused-ring (bicyclic) bond motifs is 3. The Morgan fingerprint density at radius 1 is 1.03 bits per heavy atom. The molecule has 184 valence electrons. The molecule has 5 atom stereocenters. The number of aromatic amines is 1. The summed E-state index contributed by atoms with van der Waals surface area (Å²) >= 11 is 0. The molecule has 0 aliphatic heterocycles. The van der Waals surface area contributed by atoms with Gasteiger partial charge >= 0.3 is 11.8 Å². The van der Waals surface area contributed by atoms with E-state index in [4.69, 9.17) is 0 Å². The molecule has 8 rings (SSSR count). The normalized spacial score (nSPS) is 32.4. The molecule has 5 saturated carbocycles. The second-order valence-electron chi connectivity index (χ2n) is 11.5. The summed E-state index contributed by atoms with van der Waals surface area (Å²) in [6, 6.07) is 2.24. The molecule has 35 heavy (non-hydrogen) atoms. The van der Waals surface area contributed by atoms with Crippen molar-refractivity contribution in [1.29, 1.82) is 0 Å². The van der Waals surface area contributed by atoms with Crippen LogP contribution in [0.4, 0.5) is 5.82 Å². The zero-order chi connectivity index (χ0) is 23.7. The lowest BCUT2D eigenvalue weighted by molar-refractivity contribution is -0.148. The highest BCUT2D eigenvalue weighted by molar-refractivity contribution is 6.40. The van der Waals surface area contributed by atoms with Crippen LogP contribution in [0, 0.1) is 17.8 Å². The molecule has 5 aliphatic carbocycles. The number of carbonyl (C=O) groups is 2. The molecule has 3 unspecified atom stereocenters. The van der Waals surface area contributed by atoms with Gasteiger partial charge in [0.2, 0.25) is 0 Å². The fourth-order valence-corrected chi connectivity index (χ4v) is 7.99. The van der Waals surface area contributed by atoms with E-state index in [1.807, 2.05) is 6.07 Å². The van der Waals surface area contributed by atoms with Crippen LogP contribution in [0.3, 0.4) is 0 Å². The maximum Gasteiger partial charge on any atom is 0.314 e.